The van der Waals surface area contributed by atoms with Gasteiger partial charge in [-0.25, -0.2) is 9.97 Å². The molecule has 0 aromatic carbocycles. The number of nitrogens with zero attached hydrogens (tertiary/aromatic N) is 3. The molecule has 0 saturated carbocycles. The quantitative estimate of drug-likeness (QED) is 0.754. The maximum atomic E-state index is 5.18. The Morgan fingerprint density at radius 3 is 3.05 bits per heavy atom. The highest BCUT2D eigenvalue weighted by molar-refractivity contribution is 5.42. The van der Waals surface area contributed by atoms with Crippen LogP contribution < -0.4 is 15.0 Å². The smallest absolute Gasteiger partial charge is 0.218 e. The zero-order valence-electron chi connectivity index (χ0n) is 12.3. The number of piperidine rings is 1. The van der Waals surface area contributed by atoms with E-state index >= 15 is 0 Å². The Hall–Kier alpha value is -1.40. The van der Waals surface area contributed by atoms with Crippen LogP contribution in [0.2, 0.25) is 0 Å². The highest BCUT2D eigenvalue weighted by atomic mass is 16.5. The van der Waals surface area contributed by atoms with Gasteiger partial charge in [-0.1, -0.05) is 0 Å². The number of hydrogen-bond donors (Lipinski definition) is 1. The predicted molar refractivity (Wildman–Crippen MR) is 78.3 cm³/mol. The van der Waals surface area contributed by atoms with E-state index in [1.807, 2.05) is 6.07 Å². The van der Waals surface area contributed by atoms with E-state index in [2.05, 4.69) is 20.2 Å². The number of hydrogen-bond acceptors (Lipinski definition) is 6. The molecular weight excluding hydrogens is 256 g/mol. The molecule has 1 N–H and O–H groups in total. The molecule has 1 atom stereocenters. The molecule has 2 heterocycles. The molecule has 0 radical (unpaired) electrons. The number of ether oxygens (including phenoxy) is 2. The Labute approximate surface area is 120 Å². The SMILES string of the molecule is COCCNCC1CCCCN1c1cc(OC)ncn1. The van der Waals surface area contributed by atoms with Gasteiger partial charge in [0.15, 0.2) is 0 Å². The van der Waals surface area contributed by atoms with Crippen LogP contribution in [0.15, 0.2) is 12.4 Å². The number of rotatable bonds is 7. The van der Waals surface area contributed by atoms with Crippen LogP contribution in [0.1, 0.15) is 19.3 Å². The third-order valence-electron chi connectivity index (χ3n) is 3.62. The van der Waals surface area contributed by atoms with Crippen molar-refractivity contribution in [3.05, 3.63) is 12.4 Å². The zero-order valence-corrected chi connectivity index (χ0v) is 12.3. The molecule has 1 saturated heterocycles. The van der Waals surface area contributed by atoms with Gasteiger partial charge in [0.2, 0.25) is 5.88 Å². The molecule has 1 aliphatic heterocycles. The third-order valence-corrected chi connectivity index (χ3v) is 3.62. The van der Waals surface area contributed by atoms with Crippen LogP contribution in [0.3, 0.4) is 0 Å². The largest absolute Gasteiger partial charge is 0.481 e. The van der Waals surface area contributed by atoms with Crippen LogP contribution in [0.5, 0.6) is 5.88 Å². The lowest BCUT2D eigenvalue weighted by molar-refractivity contribution is 0.198. The lowest BCUT2D eigenvalue weighted by atomic mass is 10.0. The Balaban J connectivity index is 1.98. The third kappa shape index (κ3) is 4.05. The van der Waals surface area contributed by atoms with E-state index in [1.165, 1.54) is 19.3 Å². The van der Waals surface area contributed by atoms with Gasteiger partial charge >= 0.3 is 0 Å². The molecule has 6 nitrogen and oxygen atoms in total. The summed E-state index contributed by atoms with van der Waals surface area (Å²) < 4.78 is 10.2. The molecule has 1 unspecified atom stereocenters. The van der Waals surface area contributed by atoms with Crippen LogP contribution in [-0.4, -0.2) is 56.5 Å². The van der Waals surface area contributed by atoms with E-state index in [0.717, 1.165) is 32.1 Å². The number of aromatic nitrogens is 2. The lowest BCUT2D eigenvalue weighted by Crippen LogP contribution is -2.46. The minimum absolute atomic E-state index is 0.472. The van der Waals surface area contributed by atoms with E-state index in [4.69, 9.17) is 9.47 Å². The summed E-state index contributed by atoms with van der Waals surface area (Å²) in [5.74, 6) is 1.57. The molecule has 6 heteroatoms. The van der Waals surface area contributed by atoms with Gasteiger partial charge in [0.05, 0.1) is 13.7 Å². The summed E-state index contributed by atoms with van der Waals surface area (Å²) in [6, 6.07) is 2.38. The van der Waals surface area contributed by atoms with Crippen molar-refractivity contribution in [3.63, 3.8) is 0 Å². The van der Waals surface area contributed by atoms with Crippen molar-refractivity contribution in [1.82, 2.24) is 15.3 Å². The highest BCUT2D eigenvalue weighted by Gasteiger charge is 2.23. The van der Waals surface area contributed by atoms with Gasteiger partial charge in [-0.15, -0.1) is 0 Å². The van der Waals surface area contributed by atoms with Crippen LogP contribution in [0.25, 0.3) is 0 Å². The van der Waals surface area contributed by atoms with Crippen molar-refractivity contribution in [2.45, 2.75) is 25.3 Å². The van der Waals surface area contributed by atoms with Gasteiger partial charge in [0, 0.05) is 38.9 Å². The maximum absolute atomic E-state index is 5.18. The summed E-state index contributed by atoms with van der Waals surface area (Å²) in [6.45, 7) is 3.62. The molecule has 0 amide bonds. The second kappa shape index (κ2) is 8.01. The molecule has 0 bridgehead atoms. The molecule has 20 heavy (non-hydrogen) atoms. The first-order valence-electron chi connectivity index (χ1n) is 7.17. The predicted octanol–water partition coefficient (Wildman–Crippen LogP) is 1.08. The first-order chi connectivity index (χ1) is 9.85. The van der Waals surface area contributed by atoms with Crippen LogP contribution in [-0.2, 0) is 4.74 Å². The van der Waals surface area contributed by atoms with Crippen molar-refractivity contribution < 1.29 is 9.47 Å². The Morgan fingerprint density at radius 1 is 1.35 bits per heavy atom. The topological polar surface area (TPSA) is 59.5 Å². The second-order valence-corrected chi connectivity index (χ2v) is 4.96. The second-order valence-electron chi connectivity index (χ2n) is 4.96. The van der Waals surface area contributed by atoms with Gasteiger partial charge in [-0.3, -0.25) is 0 Å². The fraction of sp³-hybridized carbons (Fsp3) is 0.714. The summed E-state index contributed by atoms with van der Waals surface area (Å²) in [6.07, 6.45) is 5.24. The van der Waals surface area contributed by atoms with E-state index in [-0.39, 0.29) is 0 Å². The van der Waals surface area contributed by atoms with Crippen molar-refractivity contribution in [2.75, 3.05) is 45.4 Å². The van der Waals surface area contributed by atoms with Crippen molar-refractivity contribution in [2.24, 2.45) is 0 Å². The Kier molecular flexibility index (Phi) is 6.01. The van der Waals surface area contributed by atoms with E-state index in [1.54, 1.807) is 20.5 Å². The summed E-state index contributed by atoms with van der Waals surface area (Å²) in [5, 5.41) is 3.44. The molecule has 1 aromatic rings. The first kappa shape index (κ1) is 15.0. The fourth-order valence-electron chi connectivity index (χ4n) is 2.56. The van der Waals surface area contributed by atoms with Gasteiger partial charge in [0.1, 0.15) is 12.1 Å². The minimum atomic E-state index is 0.472. The average molecular weight is 280 g/mol. The molecular formula is C14H24N4O2. The zero-order chi connectivity index (χ0) is 14.2. The van der Waals surface area contributed by atoms with Gasteiger partial charge in [-0.05, 0) is 19.3 Å². The maximum Gasteiger partial charge on any atom is 0.218 e. The molecule has 0 aliphatic carbocycles. The fourth-order valence-corrected chi connectivity index (χ4v) is 2.56. The van der Waals surface area contributed by atoms with Gasteiger partial charge in [0.25, 0.3) is 0 Å². The molecule has 2 rings (SSSR count). The van der Waals surface area contributed by atoms with Crippen molar-refractivity contribution in [1.29, 1.82) is 0 Å². The number of methoxy groups -OCH3 is 2. The van der Waals surface area contributed by atoms with E-state index < -0.39 is 0 Å². The molecule has 112 valence electrons. The Bertz CT molecular complexity index is 403. The van der Waals surface area contributed by atoms with Crippen LogP contribution in [0, 0.1) is 0 Å². The van der Waals surface area contributed by atoms with Gasteiger partial charge in [-0.2, -0.15) is 0 Å². The molecule has 1 aromatic heterocycles. The number of nitrogens with one attached hydrogen (secondary N) is 1. The molecule has 1 aliphatic rings. The monoisotopic (exact) mass is 280 g/mol. The van der Waals surface area contributed by atoms with Crippen molar-refractivity contribution >= 4 is 5.82 Å². The van der Waals surface area contributed by atoms with Gasteiger partial charge < -0.3 is 19.7 Å². The summed E-state index contributed by atoms with van der Waals surface area (Å²) in [7, 11) is 3.36. The van der Waals surface area contributed by atoms with E-state index in [9.17, 15) is 0 Å². The molecule has 1 fully saturated rings. The normalized spacial score (nSPS) is 19.1. The first-order valence-corrected chi connectivity index (χ1v) is 7.17. The summed E-state index contributed by atoms with van der Waals surface area (Å²) in [5.41, 5.74) is 0. The Morgan fingerprint density at radius 2 is 2.25 bits per heavy atom. The molecule has 0 spiro atoms. The lowest BCUT2D eigenvalue weighted by Gasteiger charge is -2.36. The minimum Gasteiger partial charge on any atom is -0.481 e. The van der Waals surface area contributed by atoms with E-state index in [0.29, 0.717) is 11.9 Å². The summed E-state index contributed by atoms with van der Waals surface area (Å²) in [4.78, 5) is 10.8. The highest BCUT2D eigenvalue weighted by Crippen LogP contribution is 2.24. The average Bonchev–Trinajstić information content (AvgIpc) is 2.52. The summed E-state index contributed by atoms with van der Waals surface area (Å²) >= 11 is 0. The number of anilines is 1. The van der Waals surface area contributed by atoms with Crippen LogP contribution in [0.4, 0.5) is 5.82 Å². The van der Waals surface area contributed by atoms with Crippen LogP contribution >= 0.6 is 0 Å². The van der Waals surface area contributed by atoms with Crippen molar-refractivity contribution in [3.8, 4) is 5.88 Å². The standard InChI is InChI=1S/C14H24N4O2/c1-19-8-6-15-10-12-5-3-4-7-18(12)13-9-14(20-2)17-11-16-13/h9,11-12,15H,3-8,10H2,1-2H3.